The van der Waals surface area contributed by atoms with Crippen LogP contribution in [-0.4, -0.2) is 0 Å². The third-order valence-electron chi connectivity index (χ3n) is 1.74. The van der Waals surface area contributed by atoms with Crippen LogP contribution < -0.4 is 24.8 Å². The van der Waals surface area contributed by atoms with Gasteiger partial charge in [-0.1, -0.05) is 0 Å². The Kier molecular flexibility index (Phi) is 17.0. The summed E-state index contributed by atoms with van der Waals surface area (Å²) in [5.41, 5.74) is 2.69. The van der Waals surface area contributed by atoms with Crippen LogP contribution in [0.2, 0.25) is 0 Å². The van der Waals surface area contributed by atoms with Gasteiger partial charge in [0.25, 0.3) is 0 Å². The molecule has 15 heavy (non-hydrogen) atoms. The average Bonchev–Trinajstić information content (AvgIpc) is 2.63. The fourth-order valence-electron chi connectivity index (χ4n) is 0.998. The van der Waals surface area contributed by atoms with Crippen molar-refractivity contribution < 1.29 is 46.5 Å². The van der Waals surface area contributed by atoms with E-state index in [4.69, 9.17) is 0 Å². The Morgan fingerprint density at radius 1 is 0.867 bits per heavy atom. The van der Waals surface area contributed by atoms with Crippen LogP contribution in [0.4, 0.5) is 0 Å². The second-order valence-corrected chi connectivity index (χ2v) is 3.00. The smallest absolute Gasteiger partial charge is 1.00 e. The summed E-state index contributed by atoms with van der Waals surface area (Å²) >= 11 is 0. The molecular formula is C12H14Cl2Ti. The maximum absolute atomic E-state index is 3.05. The molecule has 0 bridgehead atoms. The SMILES string of the molecule is CC1=CC[C-]=C1.CC1=CC[C-]=C1.[Cl-].[Cl-].[Ti+4]. The molecule has 0 N–H and O–H groups in total. The van der Waals surface area contributed by atoms with Gasteiger partial charge in [-0.2, -0.15) is 12.2 Å². The predicted molar refractivity (Wildman–Crippen MR) is 52.4 cm³/mol. The van der Waals surface area contributed by atoms with Gasteiger partial charge in [0, 0.05) is 0 Å². The Bertz CT molecular complexity index is 229. The van der Waals surface area contributed by atoms with Crippen LogP contribution in [0.5, 0.6) is 0 Å². The summed E-state index contributed by atoms with van der Waals surface area (Å²) in [6.07, 6.45) is 16.5. The maximum atomic E-state index is 3.05. The van der Waals surface area contributed by atoms with E-state index in [1.807, 2.05) is 12.2 Å². The van der Waals surface area contributed by atoms with Gasteiger partial charge in [-0.05, 0) is 0 Å². The van der Waals surface area contributed by atoms with Crippen LogP contribution in [-0.2, 0) is 21.7 Å². The quantitative estimate of drug-likeness (QED) is 0.336. The zero-order valence-electron chi connectivity index (χ0n) is 8.98. The fraction of sp³-hybridized carbons (Fsp3) is 0.333. The second kappa shape index (κ2) is 12.3. The molecule has 0 nitrogen and oxygen atoms in total. The first-order valence-corrected chi connectivity index (χ1v) is 4.26. The summed E-state index contributed by atoms with van der Waals surface area (Å²) in [5.74, 6) is 0. The van der Waals surface area contributed by atoms with Crippen molar-refractivity contribution in [3.63, 3.8) is 0 Å². The largest absolute Gasteiger partial charge is 4.00 e. The van der Waals surface area contributed by atoms with Crippen LogP contribution in [0, 0.1) is 12.2 Å². The van der Waals surface area contributed by atoms with Crippen molar-refractivity contribution in [2.75, 3.05) is 0 Å². The first-order chi connectivity index (χ1) is 5.79. The molecule has 0 spiro atoms. The predicted octanol–water partition coefficient (Wildman–Crippen LogP) is -2.60. The van der Waals surface area contributed by atoms with Crippen molar-refractivity contribution in [3.05, 3.63) is 47.6 Å². The first-order valence-electron chi connectivity index (χ1n) is 4.26. The summed E-state index contributed by atoms with van der Waals surface area (Å²) in [6.45, 7) is 4.17. The molecule has 0 amide bonds. The number of halogens is 2. The molecule has 80 valence electrons. The van der Waals surface area contributed by atoms with Crippen molar-refractivity contribution in [2.45, 2.75) is 26.7 Å². The molecule has 0 fully saturated rings. The van der Waals surface area contributed by atoms with E-state index in [1.54, 1.807) is 0 Å². The molecular weight excluding hydrogens is 263 g/mol. The summed E-state index contributed by atoms with van der Waals surface area (Å²) in [5, 5.41) is 0. The van der Waals surface area contributed by atoms with Gasteiger partial charge in [0.1, 0.15) is 0 Å². The van der Waals surface area contributed by atoms with Gasteiger partial charge in [0.2, 0.25) is 0 Å². The molecule has 0 atom stereocenters. The van der Waals surface area contributed by atoms with Gasteiger partial charge in [-0.25, -0.2) is 23.3 Å². The minimum atomic E-state index is 0. The monoisotopic (exact) mass is 276 g/mol. The normalized spacial score (nSPS) is 14.8. The first kappa shape index (κ1) is 20.6. The van der Waals surface area contributed by atoms with Crippen LogP contribution in [0.25, 0.3) is 0 Å². The molecule has 2 rings (SSSR count). The van der Waals surface area contributed by atoms with Crippen molar-refractivity contribution >= 4 is 0 Å². The molecule has 0 radical (unpaired) electrons. The zero-order chi connectivity index (χ0) is 8.81. The molecule has 0 unspecified atom stereocenters. The Balaban J connectivity index is -0.000000160. The molecule has 0 aliphatic heterocycles. The Labute approximate surface area is 120 Å². The van der Waals surface area contributed by atoms with Crippen molar-refractivity contribution in [2.24, 2.45) is 0 Å². The van der Waals surface area contributed by atoms with Gasteiger partial charge >= 0.3 is 21.7 Å². The van der Waals surface area contributed by atoms with Gasteiger partial charge < -0.3 is 24.8 Å². The van der Waals surface area contributed by atoms with E-state index < -0.39 is 0 Å². The van der Waals surface area contributed by atoms with Crippen molar-refractivity contribution in [3.8, 4) is 0 Å². The molecule has 0 saturated heterocycles. The molecule has 2 aliphatic carbocycles. The molecule has 3 heteroatoms. The van der Waals surface area contributed by atoms with Gasteiger partial charge in [-0.15, -0.1) is 26.7 Å². The molecule has 0 aromatic carbocycles. The number of hydrogen-bond acceptors (Lipinski definition) is 0. The topological polar surface area (TPSA) is 0 Å². The second-order valence-electron chi connectivity index (χ2n) is 3.00. The van der Waals surface area contributed by atoms with E-state index in [9.17, 15) is 0 Å². The maximum Gasteiger partial charge on any atom is 4.00 e. The fourth-order valence-corrected chi connectivity index (χ4v) is 0.998. The molecule has 0 saturated carbocycles. The minimum absolute atomic E-state index is 0. The third kappa shape index (κ3) is 10.5. The van der Waals surface area contributed by atoms with Crippen LogP contribution in [0.1, 0.15) is 26.7 Å². The molecule has 0 aromatic rings. The van der Waals surface area contributed by atoms with E-state index in [0.29, 0.717) is 0 Å². The Morgan fingerprint density at radius 2 is 1.20 bits per heavy atom. The third-order valence-corrected chi connectivity index (χ3v) is 1.74. The van der Waals surface area contributed by atoms with Gasteiger partial charge in [-0.3, -0.25) is 12.2 Å². The van der Waals surface area contributed by atoms with Gasteiger partial charge in [0.05, 0.1) is 0 Å². The van der Waals surface area contributed by atoms with Crippen LogP contribution in [0.3, 0.4) is 0 Å². The minimum Gasteiger partial charge on any atom is -1.00 e. The van der Waals surface area contributed by atoms with Crippen LogP contribution in [0.15, 0.2) is 35.5 Å². The number of hydrogen-bond donors (Lipinski definition) is 0. The van der Waals surface area contributed by atoms with Crippen molar-refractivity contribution in [1.82, 2.24) is 0 Å². The van der Waals surface area contributed by atoms with E-state index in [1.165, 1.54) is 11.1 Å². The van der Waals surface area contributed by atoms with Crippen LogP contribution >= 0.6 is 0 Å². The summed E-state index contributed by atoms with van der Waals surface area (Å²) in [6, 6.07) is 0. The van der Waals surface area contributed by atoms with E-state index in [-0.39, 0.29) is 46.5 Å². The van der Waals surface area contributed by atoms with E-state index >= 15 is 0 Å². The van der Waals surface area contributed by atoms with Crippen molar-refractivity contribution in [1.29, 1.82) is 0 Å². The zero-order valence-corrected chi connectivity index (χ0v) is 12.1. The Hall–Kier alpha value is 0.254. The summed E-state index contributed by atoms with van der Waals surface area (Å²) in [7, 11) is 0. The Morgan fingerprint density at radius 3 is 1.27 bits per heavy atom. The standard InChI is InChI=1S/2C6H7.2ClH.Ti/c2*1-6-4-2-3-5-6;;;/h2*4-5H,2H2,1H3;2*1H;/q2*-1;;;+4/p-2. The van der Waals surface area contributed by atoms with E-state index in [2.05, 4.69) is 38.2 Å². The average molecular weight is 277 g/mol. The van der Waals surface area contributed by atoms with Gasteiger partial charge in [0.15, 0.2) is 0 Å². The molecule has 0 aromatic heterocycles. The molecule has 2 aliphatic rings. The van der Waals surface area contributed by atoms with E-state index in [0.717, 1.165) is 12.8 Å². The number of allylic oxidation sites excluding steroid dienone is 8. The molecule has 0 heterocycles. The summed E-state index contributed by atoms with van der Waals surface area (Å²) < 4.78 is 0. The summed E-state index contributed by atoms with van der Waals surface area (Å²) in [4.78, 5) is 0. The number of rotatable bonds is 0.